The fourth-order valence-electron chi connectivity index (χ4n) is 6.90. The number of para-hydroxylation sites is 1. The number of carbonyl (C=O) groups is 3. The third-order valence-electron chi connectivity index (χ3n) is 8.87. The number of amides is 3. The summed E-state index contributed by atoms with van der Waals surface area (Å²) in [5.41, 5.74) is 1.25. The molecule has 35 heavy (non-hydrogen) atoms. The normalized spacial score (nSPS) is 27.9. The Kier molecular flexibility index (Phi) is 6.51. The van der Waals surface area contributed by atoms with Crippen molar-refractivity contribution in [3.05, 3.63) is 29.8 Å². The first-order chi connectivity index (χ1) is 16.9. The van der Waals surface area contributed by atoms with Crippen LogP contribution < -0.4 is 4.90 Å². The third kappa shape index (κ3) is 4.09. The molecule has 190 valence electrons. The summed E-state index contributed by atoms with van der Waals surface area (Å²) in [4.78, 5) is 44.1. The largest absolute Gasteiger partial charge is 0.450 e. The number of carbonyl (C=O) groups excluding carboxylic acids is 3. The number of likely N-dealkylation sites (tertiary alicyclic amines) is 2. The van der Waals surface area contributed by atoms with Crippen LogP contribution in [0.4, 0.5) is 15.3 Å². The van der Waals surface area contributed by atoms with Crippen LogP contribution in [0.15, 0.2) is 24.3 Å². The zero-order valence-corrected chi connectivity index (χ0v) is 21.0. The molecule has 0 bridgehead atoms. The summed E-state index contributed by atoms with van der Waals surface area (Å²) in [6.07, 6.45) is 5.90. The van der Waals surface area contributed by atoms with Crippen molar-refractivity contribution in [3.63, 3.8) is 0 Å². The minimum Gasteiger partial charge on any atom is -0.450 e. The number of ether oxygens (including phenoxy) is 2. The summed E-state index contributed by atoms with van der Waals surface area (Å²) in [5, 5.41) is 0. The van der Waals surface area contributed by atoms with Crippen molar-refractivity contribution in [1.82, 2.24) is 9.80 Å². The van der Waals surface area contributed by atoms with Crippen LogP contribution in [0.1, 0.15) is 64.4 Å². The molecule has 2 spiro atoms. The molecular formula is C27H37N3O5. The monoisotopic (exact) mass is 483 g/mol. The molecular weight excluding hydrogens is 446 g/mol. The first-order valence-electron chi connectivity index (χ1n) is 13.2. The van der Waals surface area contributed by atoms with Gasteiger partial charge in [-0.1, -0.05) is 18.2 Å². The molecule has 0 radical (unpaired) electrons. The molecule has 1 aromatic carbocycles. The smallest absolute Gasteiger partial charge is 0.421 e. The van der Waals surface area contributed by atoms with Crippen LogP contribution >= 0.6 is 0 Å². The van der Waals surface area contributed by atoms with Crippen molar-refractivity contribution in [3.8, 4) is 0 Å². The molecule has 8 heteroatoms. The van der Waals surface area contributed by atoms with Gasteiger partial charge in [0.15, 0.2) is 0 Å². The van der Waals surface area contributed by atoms with Crippen LogP contribution in [0.2, 0.25) is 0 Å². The van der Waals surface area contributed by atoms with Gasteiger partial charge >= 0.3 is 12.2 Å². The molecule has 1 aromatic rings. The highest BCUT2D eigenvalue weighted by Gasteiger charge is 2.55. The number of piperidine rings is 1. The lowest BCUT2D eigenvalue weighted by atomic mass is 9.68. The van der Waals surface area contributed by atoms with E-state index in [0.29, 0.717) is 18.3 Å². The molecule has 5 rings (SSSR count). The molecule has 1 saturated carbocycles. The van der Waals surface area contributed by atoms with Gasteiger partial charge < -0.3 is 19.3 Å². The minimum atomic E-state index is -0.623. The highest BCUT2D eigenvalue weighted by atomic mass is 16.6. The SMILES string of the molecule is CCOC(=O)N1CCC2(CCN(C3CCC4(CC3)C(=O)N(C(=O)OCC)c3ccccc34)CC2)C1. The summed E-state index contributed by atoms with van der Waals surface area (Å²) in [7, 11) is 0. The van der Waals surface area contributed by atoms with Gasteiger partial charge in [-0.25, -0.2) is 14.5 Å². The molecule has 0 unspecified atom stereocenters. The summed E-state index contributed by atoms with van der Waals surface area (Å²) in [6.45, 7) is 7.95. The zero-order chi connectivity index (χ0) is 24.6. The van der Waals surface area contributed by atoms with Crippen LogP contribution in [0, 0.1) is 5.41 Å². The fourth-order valence-corrected chi connectivity index (χ4v) is 6.90. The number of benzene rings is 1. The van der Waals surface area contributed by atoms with Gasteiger partial charge in [0.2, 0.25) is 5.91 Å². The highest BCUT2D eigenvalue weighted by Crippen LogP contribution is 2.51. The molecule has 3 aliphatic heterocycles. The van der Waals surface area contributed by atoms with E-state index in [1.165, 1.54) is 4.90 Å². The van der Waals surface area contributed by atoms with Gasteiger partial charge in [-0.05, 0) is 88.9 Å². The van der Waals surface area contributed by atoms with E-state index in [9.17, 15) is 14.4 Å². The van der Waals surface area contributed by atoms with Crippen LogP contribution in [0.3, 0.4) is 0 Å². The van der Waals surface area contributed by atoms with Gasteiger partial charge in [-0.15, -0.1) is 0 Å². The number of imide groups is 1. The Balaban J connectivity index is 1.22. The predicted molar refractivity (Wildman–Crippen MR) is 131 cm³/mol. The van der Waals surface area contributed by atoms with Crippen molar-refractivity contribution in [1.29, 1.82) is 0 Å². The average molecular weight is 484 g/mol. The Bertz CT molecular complexity index is 979. The van der Waals surface area contributed by atoms with Crippen LogP contribution in [-0.4, -0.2) is 73.3 Å². The van der Waals surface area contributed by atoms with Crippen molar-refractivity contribution >= 4 is 23.8 Å². The second-order valence-electron chi connectivity index (χ2n) is 10.6. The number of anilines is 1. The molecule has 3 heterocycles. The van der Waals surface area contributed by atoms with E-state index < -0.39 is 11.5 Å². The zero-order valence-electron chi connectivity index (χ0n) is 21.0. The molecule has 0 N–H and O–H groups in total. The highest BCUT2D eigenvalue weighted by molar-refractivity contribution is 6.21. The van der Waals surface area contributed by atoms with Crippen LogP contribution in [0.5, 0.6) is 0 Å². The number of hydrogen-bond acceptors (Lipinski definition) is 6. The molecule has 3 fully saturated rings. The van der Waals surface area contributed by atoms with Crippen LogP contribution in [0.25, 0.3) is 0 Å². The summed E-state index contributed by atoms with van der Waals surface area (Å²) >= 11 is 0. The van der Waals surface area contributed by atoms with Gasteiger partial charge in [0.1, 0.15) is 0 Å². The molecule has 2 saturated heterocycles. The van der Waals surface area contributed by atoms with E-state index in [0.717, 1.165) is 76.7 Å². The second-order valence-corrected chi connectivity index (χ2v) is 10.6. The first-order valence-corrected chi connectivity index (χ1v) is 13.2. The van der Waals surface area contributed by atoms with E-state index >= 15 is 0 Å². The molecule has 8 nitrogen and oxygen atoms in total. The molecule has 3 amide bonds. The maximum Gasteiger partial charge on any atom is 0.421 e. The topological polar surface area (TPSA) is 79.4 Å². The first kappa shape index (κ1) is 24.1. The summed E-state index contributed by atoms with van der Waals surface area (Å²) in [6, 6.07) is 8.15. The Morgan fingerprint density at radius 2 is 1.54 bits per heavy atom. The van der Waals surface area contributed by atoms with E-state index in [1.54, 1.807) is 6.92 Å². The van der Waals surface area contributed by atoms with E-state index in [-0.39, 0.29) is 24.0 Å². The van der Waals surface area contributed by atoms with Crippen molar-refractivity contribution < 1.29 is 23.9 Å². The van der Waals surface area contributed by atoms with E-state index in [2.05, 4.69) is 4.90 Å². The lowest BCUT2D eigenvalue weighted by Crippen LogP contribution is -2.51. The van der Waals surface area contributed by atoms with Gasteiger partial charge in [0, 0.05) is 19.1 Å². The van der Waals surface area contributed by atoms with Gasteiger partial charge in [0.05, 0.1) is 24.3 Å². The van der Waals surface area contributed by atoms with Crippen LogP contribution in [-0.2, 0) is 19.7 Å². The second kappa shape index (κ2) is 9.45. The average Bonchev–Trinajstić information content (AvgIpc) is 3.38. The fraction of sp³-hybridized carbons (Fsp3) is 0.667. The Morgan fingerprint density at radius 1 is 0.914 bits per heavy atom. The summed E-state index contributed by atoms with van der Waals surface area (Å²) < 4.78 is 10.4. The number of fused-ring (bicyclic) bond motifs is 2. The summed E-state index contributed by atoms with van der Waals surface area (Å²) in [5.74, 6) is -0.127. The molecule has 0 atom stereocenters. The van der Waals surface area contributed by atoms with Gasteiger partial charge in [-0.3, -0.25) is 4.79 Å². The maximum atomic E-state index is 13.6. The number of hydrogen-bond donors (Lipinski definition) is 0. The quantitative estimate of drug-likeness (QED) is 0.637. The third-order valence-corrected chi connectivity index (χ3v) is 8.87. The Hall–Kier alpha value is -2.61. The lowest BCUT2D eigenvalue weighted by Gasteiger charge is -2.46. The molecule has 1 aliphatic carbocycles. The lowest BCUT2D eigenvalue weighted by molar-refractivity contribution is -0.124. The minimum absolute atomic E-state index is 0.127. The van der Waals surface area contributed by atoms with E-state index in [4.69, 9.17) is 9.47 Å². The molecule has 4 aliphatic rings. The molecule has 0 aromatic heterocycles. The predicted octanol–water partition coefficient (Wildman–Crippen LogP) is 4.31. The van der Waals surface area contributed by atoms with Crippen molar-refractivity contribution in [2.24, 2.45) is 5.41 Å². The Labute approximate surface area is 207 Å². The van der Waals surface area contributed by atoms with Gasteiger partial charge in [0.25, 0.3) is 0 Å². The number of nitrogens with zero attached hydrogens (tertiary/aromatic N) is 3. The Morgan fingerprint density at radius 3 is 2.23 bits per heavy atom. The van der Waals surface area contributed by atoms with Crippen molar-refractivity contribution in [2.75, 3.05) is 44.3 Å². The number of rotatable bonds is 3. The maximum absolute atomic E-state index is 13.6. The standard InChI is InChI=1S/C27H37N3O5/c1-3-34-24(32)29-18-15-26(19-29)13-16-28(17-14-26)20-9-11-27(12-10-20)21-7-5-6-8-22(21)30(23(27)31)25(33)35-4-2/h5-8,20H,3-4,9-19H2,1-2H3. The van der Waals surface area contributed by atoms with Crippen molar-refractivity contribution in [2.45, 2.75) is 70.3 Å². The van der Waals surface area contributed by atoms with E-state index in [1.807, 2.05) is 36.1 Å². The van der Waals surface area contributed by atoms with Gasteiger partial charge in [-0.2, -0.15) is 0 Å².